The number of rotatable bonds is 5. The number of halogens is 2. The van der Waals surface area contributed by atoms with Crippen molar-refractivity contribution in [3.63, 3.8) is 0 Å². The number of hydrogen-bond donors (Lipinski definition) is 2. The molecule has 0 radical (unpaired) electrons. The van der Waals surface area contributed by atoms with E-state index in [4.69, 9.17) is 14.9 Å². The Bertz CT molecular complexity index is 983. The molecule has 0 atom stereocenters. The second-order valence-corrected chi connectivity index (χ2v) is 5.36. The Labute approximate surface area is 154 Å². The zero-order valence-corrected chi connectivity index (χ0v) is 14.5. The van der Waals surface area contributed by atoms with Gasteiger partial charge in [0.25, 0.3) is 0 Å². The second-order valence-electron chi connectivity index (χ2n) is 5.36. The Morgan fingerprint density at radius 2 is 1.96 bits per heavy atom. The average Bonchev–Trinajstić information content (AvgIpc) is 2.61. The number of hydrogen-bond acceptors (Lipinski definition) is 5. The Hall–Kier alpha value is -2.83. The number of aromatic hydroxyl groups is 1. The third kappa shape index (κ3) is 4.22. The molecule has 7 heteroatoms. The lowest BCUT2D eigenvalue weighted by molar-refractivity contribution is 0.318. The molecular weight excluding hydrogens is 361 g/mol. The average molecular weight is 378 g/mol. The third-order valence-electron chi connectivity index (χ3n) is 3.64. The van der Waals surface area contributed by atoms with Gasteiger partial charge in [0.15, 0.2) is 5.43 Å². The summed E-state index contributed by atoms with van der Waals surface area (Å²) in [5.74, 6) is 0.0342. The summed E-state index contributed by atoms with van der Waals surface area (Å²) in [6.07, 6.45) is 2.58. The fourth-order valence-corrected chi connectivity index (χ4v) is 2.38. The highest BCUT2D eigenvalue weighted by Gasteiger charge is 2.10. The lowest BCUT2D eigenvalue weighted by Crippen LogP contribution is -2.05. The maximum Gasteiger partial charge on any atom is 0.200 e. The number of nitrogens with two attached hydrogens (primary N) is 1. The Morgan fingerprint density at radius 1 is 1.23 bits per heavy atom. The van der Waals surface area contributed by atoms with Crippen molar-refractivity contribution in [1.29, 1.82) is 0 Å². The smallest absolute Gasteiger partial charge is 0.200 e. The first-order valence-electron chi connectivity index (χ1n) is 7.61. The Balaban J connectivity index is 0.00000243. The molecule has 0 aliphatic carbocycles. The van der Waals surface area contributed by atoms with E-state index in [1.54, 1.807) is 24.3 Å². The number of benzene rings is 2. The van der Waals surface area contributed by atoms with Crippen LogP contribution in [0.25, 0.3) is 22.1 Å². The van der Waals surface area contributed by atoms with E-state index in [0.29, 0.717) is 27.8 Å². The largest absolute Gasteiger partial charge is 0.508 e. The normalized spacial score (nSPS) is 11.2. The predicted molar refractivity (Wildman–Crippen MR) is 101 cm³/mol. The molecule has 0 amide bonds. The molecule has 0 spiro atoms. The minimum atomic E-state index is -0.466. The Morgan fingerprint density at radius 3 is 2.65 bits per heavy atom. The van der Waals surface area contributed by atoms with Crippen LogP contribution in [0.1, 0.15) is 0 Å². The number of phenolic OH excluding ortho intramolecular Hbond substituents is 1. The summed E-state index contributed by atoms with van der Waals surface area (Å²) in [4.78, 5) is 12.6. The molecule has 1 heterocycles. The van der Waals surface area contributed by atoms with Crippen LogP contribution in [-0.2, 0) is 0 Å². The summed E-state index contributed by atoms with van der Waals surface area (Å²) in [6, 6.07) is 11.0. The van der Waals surface area contributed by atoms with Crippen LogP contribution < -0.4 is 15.9 Å². The molecule has 0 aliphatic rings. The minimum Gasteiger partial charge on any atom is -0.508 e. The molecule has 0 saturated heterocycles. The van der Waals surface area contributed by atoms with Gasteiger partial charge in [-0.2, -0.15) is 0 Å². The van der Waals surface area contributed by atoms with Crippen molar-refractivity contribution >= 4 is 23.4 Å². The summed E-state index contributed by atoms with van der Waals surface area (Å²) in [5, 5.41) is 9.73. The fraction of sp³-hybridized carbons (Fsp3) is 0.105. The first kappa shape index (κ1) is 19.5. The molecule has 0 saturated carbocycles. The molecule has 1 aromatic heterocycles. The zero-order chi connectivity index (χ0) is 17.8. The van der Waals surface area contributed by atoms with E-state index in [1.165, 1.54) is 30.5 Å². The summed E-state index contributed by atoms with van der Waals surface area (Å²) < 4.78 is 24.1. The molecule has 2 aromatic carbocycles. The molecular formula is C19H17ClFNO4. The van der Waals surface area contributed by atoms with E-state index in [2.05, 4.69) is 0 Å². The lowest BCUT2D eigenvalue weighted by Gasteiger charge is -2.07. The van der Waals surface area contributed by atoms with Crippen molar-refractivity contribution in [2.24, 2.45) is 5.73 Å². The van der Waals surface area contributed by atoms with Crippen LogP contribution in [0.15, 0.2) is 69.8 Å². The maximum absolute atomic E-state index is 13.3. The molecule has 26 heavy (non-hydrogen) atoms. The lowest BCUT2D eigenvalue weighted by atomic mass is 10.1. The maximum atomic E-state index is 13.3. The first-order valence-corrected chi connectivity index (χ1v) is 7.61. The van der Waals surface area contributed by atoms with E-state index in [9.17, 15) is 14.3 Å². The fourth-order valence-electron chi connectivity index (χ4n) is 2.38. The van der Waals surface area contributed by atoms with Gasteiger partial charge in [0.1, 0.15) is 35.8 Å². The molecule has 3 rings (SSSR count). The second kappa shape index (κ2) is 8.51. The van der Waals surface area contributed by atoms with Gasteiger partial charge in [0, 0.05) is 12.6 Å². The highest BCUT2D eigenvalue weighted by Crippen LogP contribution is 2.24. The van der Waals surface area contributed by atoms with Gasteiger partial charge in [-0.25, -0.2) is 4.39 Å². The predicted octanol–water partition coefficient (Wildman–Crippen LogP) is 3.78. The van der Waals surface area contributed by atoms with Crippen molar-refractivity contribution in [1.82, 2.24) is 0 Å². The molecule has 3 aromatic rings. The summed E-state index contributed by atoms with van der Waals surface area (Å²) in [7, 11) is 0. The molecule has 136 valence electrons. The highest BCUT2D eigenvalue weighted by atomic mass is 35.5. The van der Waals surface area contributed by atoms with Gasteiger partial charge >= 0.3 is 0 Å². The summed E-state index contributed by atoms with van der Waals surface area (Å²) >= 11 is 0. The molecule has 0 aliphatic heterocycles. The van der Waals surface area contributed by atoms with Crippen molar-refractivity contribution in [3.05, 3.63) is 70.9 Å². The van der Waals surface area contributed by atoms with Crippen molar-refractivity contribution in [2.45, 2.75) is 0 Å². The van der Waals surface area contributed by atoms with E-state index in [0.717, 1.165) is 0 Å². The zero-order valence-electron chi connectivity index (χ0n) is 13.6. The monoisotopic (exact) mass is 377 g/mol. The van der Waals surface area contributed by atoms with Gasteiger partial charge in [0.05, 0.1) is 10.9 Å². The molecule has 3 N–H and O–H groups in total. The van der Waals surface area contributed by atoms with Crippen LogP contribution in [0.2, 0.25) is 0 Å². The van der Waals surface area contributed by atoms with Crippen LogP contribution >= 0.6 is 12.4 Å². The van der Waals surface area contributed by atoms with Gasteiger partial charge in [-0.3, -0.25) is 4.79 Å². The van der Waals surface area contributed by atoms with Crippen LogP contribution in [0.5, 0.6) is 11.5 Å². The highest BCUT2D eigenvalue weighted by molar-refractivity contribution is 5.85. The molecule has 0 unspecified atom stereocenters. The molecule has 0 bridgehead atoms. The van der Waals surface area contributed by atoms with E-state index < -0.39 is 5.83 Å². The SMILES string of the molecule is Cl.NC/C=C(/F)COc1ccc2c(=O)c(-c3ccc(O)cc3)coc2c1. The van der Waals surface area contributed by atoms with Crippen molar-refractivity contribution in [2.75, 3.05) is 13.2 Å². The van der Waals surface area contributed by atoms with Gasteiger partial charge in [-0.05, 0) is 35.9 Å². The summed E-state index contributed by atoms with van der Waals surface area (Å²) in [6.45, 7) is -0.139. The third-order valence-corrected chi connectivity index (χ3v) is 3.64. The van der Waals surface area contributed by atoms with Crippen molar-refractivity contribution < 1.29 is 18.7 Å². The quantitative estimate of drug-likeness (QED) is 0.706. The number of ether oxygens (including phenoxy) is 1. The van der Waals surface area contributed by atoms with Crippen LogP contribution in [0.3, 0.4) is 0 Å². The van der Waals surface area contributed by atoms with Gasteiger partial charge in [-0.15, -0.1) is 12.4 Å². The summed E-state index contributed by atoms with van der Waals surface area (Å²) in [5.41, 5.74) is 6.39. The molecule has 5 nitrogen and oxygen atoms in total. The van der Waals surface area contributed by atoms with E-state index >= 15 is 0 Å². The number of phenols is 1. The minimum absolute atomic E-state index is 0. The van der Waals surface area contributed by atoms with Crippen LogP contribution in [0.4, 0.5) is 4.39 Å². The van der Waals surface area contributed by atoms with Gasteiger partial charge < -0.3 is 20.0 Å². The van der Waals surface area contributed by atoms with Gasteiger partial charge in [0.2, 0.25) is 0 Å². The molecule has 0 fully saturated rings. The van der Waals surface area contributed by atoms with Crippen LogP contribution in [-0.4, -0.2) is 18.3 Å². The standard InChI is InChI=1S/C19H16FNO4.ClH/c20-13(7-8-21)10-24-15-5-6-16-18(9-15)25-11-17(19(16)23)12-1-3-14(22)4-2-12;/h1-7,9,11,22H,8,10,21H2;1H/b13-7+;. The topological polar surface area (TPSA) is 85.7 Å². The van der Waals surface area contributed by atoms with E-state index in [-0.39, 0.29) is 36.7 Å². The first-order chi connectivity index (χ1) is 12.1. The van der Waals surface area contributed by atoms with Gasteiger partial charge in [-0.1, -0.05) is 12.1 Å². The van der Waals surface area contributed by atoms with E-state index in [1.807, 2.05) is 0 Å². The Kier molecular flexibility index (Phi) is 6.38. The van der Waals surface area contributed by atoms with Crippen molar-refractivity contribution in [3.8, 4) is 22.6 Å². The van der Waals surface area contributed by atoms with Crippen LogP contribution in [0, 0.1) is 0 Å². The number of fused-ring (bicyclic) bond motifs is 1.